The third-order valence-electron chi connectivity index (χ3n) is 1.91. The summed E-state index contributed by atoms with van der Waals surface area (Å²) in [6.07, 6.45) is 2.23. The van der Waals surface area contributed by atoms with E-state index in [0.717, 1.165) is 0 Å². The zero-order valence-corrected chi connectivity index (χ0v) is 9.47. The van der Waals surface area contributed by atoms with E-state index in [1.54, 1.807) is 18.2 Å². The normalized spacial score (nSPS) is 9.86. The number of Topliss-reactive ketones (excluding diaryl/α,β-unsaturated/α-hetero) is 1. The fourth-order valence-electron chi connectivity index (χ4n) is 1.17. The quantitative estimate of drug-likeness (QED) is 0.665. The summed E-state index contributed by atoms with van der Waals surface area (Å²) in [5.41, 5.74) is 1.30. The van der Waals surface area contributed by atoms with E-state index in [0.29, 0.717) is 22.0 Å². The molecule has 0 unspecified atom stereocenters. The Labute approximate surface area is 91.4 Å². The Balaban J connectivity index is 3.27. The zero-order chi connectivity index (χ0) is 10.7. The van der Waals surface area contributed by atoms with Crippen LogP contribution in [0.3, 0.4) is 0 Å². The Hall–Kier alpha value is -1.09. The number of allylic oxidation sites excluding steroid dienone is 1. The summed E-state index contributed by atoms with van der Waals surface area (Å²) in [5, 5.41) is 9.63. The average molecular weight is 255 g/mol. The lowest BCUT2D eigenvalue weighted by Crippen LogP contribution is -1.95. The molecule has 0 aliphatic heterocycles. The van der Waals surface area contributed by atoms with E-state index in [2.05, 4.69) is 22.5 Å². The van der Waals surface area contributed by atoms with Crippen LogP contribution in [0.25, 0.3) is 0 Å². The maximum Gasteiger partial charge on any atom is 0.159 e. The third-order valence-corrected chi connectivity index (χ3v) is 2.52. The van der Waals surface area contributed by atoms with E-state index in [1.165, 1.54) is 6.92 Å². The molecule has 0 radical (unpaired) electrons. The Morgan fingerprint density at radius 2 is 2.29 bits per heavy atom. The minimum Gasteiger partial charge on any atom is -0.506 e. The number of phenolic OH excluding ortho intramolecular Hbond substituents is 1. The molecule has 0 fully saturated rings. The molecule has 0 aliphatic carbocycles. The van der Waals surface area contributed by atoms with Crippen molar-refractivity contribution in [3.05, 3.63) is 40.4 Å². The van der Waals surface area contributed by atoms with Crippen LogP contribution in [0, 0.1) is 0 Å². The van der Waals surface area contributed by atoms with Crippen LogP contribution in [0.4, 0.5) is 0 Å². The molecular weight excluding hydrogens is 244 g/mol. The van der Waals surface area contributed by atoms with Gasteiger partial charge in [0.15, 0.2) is 5.78 Å². The largest absolute Gasteiger partial charge is 0.506 e. The molecular formula is C11H11BrO2. The van der Waals surface area contributed by atoms with Gasteiger partial charge in [0.1, 0.15) is 5.75 Å². The van der Waals surface area contributed by atoms with Crippen molar-refractivity contribution in [2.45, 2.75) is 13.3 Å². The van der Waals surface area contributed by atoms with E-state index in [9.17, 15) is 9.90 Å². The molecule has 14 heavy (non-hydrogen) atoms. The summed E-state index contributed by atoms with van der Waals surface area (Å²) < 4.78 is 0.544. The molecule has 0 spiro atoms. The minimum absolute atomic E-state index is 0.0176. The third kappa shape index (κ3) is 2.23. The lowest BCUT2D eigenvalue weighted by molar-refractivity contribution is 0.101. The topological polar surface area (TPSA) is 37.3 Å². The summed E-state index contributed by atoms with van der Waals surface area (Å²) >= 11 is 3.20. The predicted octanol–water partition coefficient (Wildman–Crippen LogP) is 3.09. The Morgan fingerprint density at radius 1 is 1.64 bits per heavy atom. The molecule has 0 heterocycles. The van der Waals surface area contributed by atoms with Crippen molar-refractivity contribution in [1.82, 2.24) is 0 Å². The fourth-order valence-corrected chi connectivity index (χ4v) is 1.67. The van der Waals surface area contributed by atoms with E-state index >= 15 is 0 Å². The van der Waals surface area contributed by atoms with Crippen molar-refractivity contribution in [3.8, 4) is 5.75 Å². The monoisotopic (exact) mass is 254 g/mol. The molecule has 74 valence electrons. The minimum atomic E-state index is -0.0176. The molecule has 0 saturated carbocycles. The molecule has 1 aromatic rings. The number of benzene rings is 1. The van der Waals surface area contributed by atoms with E-state index in [4.69, 9.17) is 0 Å². The van der Waals surface area contributed by atoms with Gasteiger partial charge in [-0.15, -0.1) is 6.58 Å². The molecule has 2 nitrogen and oxygen atoms in total. The lowest BCUT2D eigenvalue weighted by atomic mass is 10.0. The van der Waals surface area contributed by atoms with Gasteiger partial charge in [0.05, 0.1) is 4.47 Å². The molecule has 3 heteroatoms. The van der Waals surface area contributed by atoms with Gasteiger partial charge in [0.2, 0.25) is 0 Å². The van der Waals surface area contributed by atoms with Gasteiger partial charge in [-0.3, -0.25) is 4.79 Å². The Morgan fingerprint density at radius 3 is 2.79 bits per heavy atom. The van der Waals surface area contributed by atoms with Crippen molar-refractivity contribution in [1.29, 1.82) is 0 Å². The van der Waals surface area contributed by atoms with Gasteiger partial charge < -0.3 is 5.11 Å². The van der Waals surface area contributed by atoms with Crippen LogP contribution in [0.15, 0.2) is 29.3 Å². The van der Waals surface area contributed by atoms with Crippen LogP contribution >= 0.6 is 15.9 Å². The first-order valence-electron chi connectivity index (χ1n) is 4.19. The molecule has 1 N–H and O–H groups in total. The standard InChI is InChI=1S/C11H11BrO2/c1-3-4-8-5-9(7(2)13)6-10(12)11(8)14/h3,5-6,14H,1,4H2,2H3. The number of hydrogen-bond donors (Lipinski definition) is 1. The Bertz CT molecular complexity index is 383. The summed E-state index contributed by atoms with van der Waals surface area (Å²) in [6.45, 7) is 5.09. The molecule has 0 atom stereocenters. The second-order valence-electron chi connectivity index (χ2n) is 3.01. The van der Waals surface area contributed by atoms with Crippen LogP contribution in [0.5, 0.6) is 5.75 Å². The molecule has 0 bridgehead atoms. The maximum atomic E-state index is 11.1. The molecule has 1 rings (SSSR count). The number of hydrogen-bond acceptors (Lipinski definition) is 2. The van der Waals surface area contributed by atoms with Gasteiger partial charge in [0, 0.05) is 5.56 Å². The highest BCUT2D eigenvalue weighted by molar-refractivity contribution is 9.10. The highest BCUT2D eigenvalue weighted by atomic mass is 79.9. The first kappa shape index (κ1) is 11.0. The van der Waals surface area contributed by atoms with Crippen LogP contribution in [0.2, 0.25) is 0 Å². The first-order chi connectivity index (χ1) is 6.56. The molecule has 0 aliphatic rings. The van der Waals surface area contributed by atoms with E-state index < -0.39 is 0 Å². The number of ketones is 1. The second-order valence-corrected chi connectivity index (χ2v) is 3.87. The van der Waals surface area contributed by atoms with Gasteiger partial charge in [-0.05, 0) is 47.0 Å². The summed E-state index contributed by atoms with van der Waals surface area (Å²) in [4.78, 5) is 11.1. The van der Waals surface area contributed by atoms with Crippen LogP contribution < -0.4 is 0 Å². The van der Waals surface area contributed by atoms with E-state index in [-0.39, 0.29) is 11.5 Å². The SMILES string of the molecule is C=CCc1cc(C(C)=O)cc(Br)c1O. The highest BCUT2D eigenvalue weighted by Gasteiger charge is 2.09. The van der Waals surface area contributed by atoms with Crippen LogP contribution in [0.1, 0.15) is 22.8 Å². The van der Waals surface area contributed by atoms with Gasteiger partial charge in [-0.1, -0.05) is 6.08 Å². The summed E-state index contributed by atoms with van der Waals surface area (Å²) in [6, 6.07) is 3.30. The Kier molecular flexibility index (Phi) is 3.47. The highest BCUT2D eigenvalue weighted by Crippen LogP contribution is 2.30. The van der Waals surface area contributed by atoms with Crippen molar-refractivity contribution >= 4 is 21.7 Å². The molecule has 0 aromatic heterocycles. The van der Waals surface area contributed by atoms with Crippen LogP contribution in [-0.4, -0.2) is 10.9 Å². The van der Waals surface area contributed by atoms with Crippen molar-refractivity contribution in [2.24, 2.45) is 0 Å². The fraction of sp³-hybridized carbons (Fsp3) is 0.182. The lowest BCUT2D eigenvalue weighted by Gasteiger charge is -2.06. The van der Waals surface area contributed by atoms with Gasteiger partial charge in [-0.25, -0.2) is 0 Å². The van der Waals surface area contributed by atoms with Gasteiger partial charge in [-0.2, -0.15) is 0 Å². The first-order valence-corrected chi connectivity index (χ1v) is 4.98. The molecule has 0 amide bonds. The predicted molar refractivity (Wildman–Crippen MR) is 59.7 cm³/mol. The number of carbonyl (C=O) groups is 1. The number of halogens is 1. The summed E-state index contributed by atoms with van der Waals surface area (Å²) in [7, 11) is 0. The second kappa shape index (κ2) is 4.42. The smallest absolute Gasteiger partial charge is 0.159 e. The van der Waals surface area contributed by atoms with Crippen molar-refractivity contribution in [3.63, 3.8) is 0 Å². The zero-order valence-electron chi connectivity index (χ0n) is 7.88. The number of aromatic hydroxyl groups is 1. The van der Waals surface area contributed by atoms with Gasteiger partial charge in [0.25, 0.3) is 0 Å². The molecule has 0 saturated heterocycles. The maximum absolute atomic E-state index is 11.1. The van der Waals surface area contributed by atoms with E-state index in [1.807, 2.05) is 0 Å². The van der Waals surface area contributed by atoms with Crippen molar-refractivity contribution in [2.75, 3.05) is 0 Å². The number of carbonyl (C=O) groups excluding carboxylic acids is 1. The number of rotatable bonds is 3. The summed E-state index contributed by atoms with van der Waals surface area (Å²) in [5.74, 6) is 0.158. The average Bonchev–Trinajstić information content (AvgIpc) is 2.12. The van der Waals surface area contributed by atoms with Gasteiger partial charge >= 0.3 is 0 Å². The van der Waals surface area contributed by atoms with Crippen LogP contribution in [-0.2, 0) is 6.42 Å². The van der Waals surface area contributed by atoms with Crippen molar-refractivity contribution < 1.29 is 9.90 Å². The number of phenols is 1. The molecule has 1 aromatic carbocycles.